The maximum Gasteiger partial charge on any atom is 0.255 e. The first-order valence-corrected chi connectivity index (χ1v) is 7.07. The summed E-state index contributed by atoms with van der Waals surface area (Å²) in [5.74, 6) is -0.874. The van der Waals surface area contributed by atoms with E-state index in [0.717, 1.165) is 18.5 Å². The van der Waals surface area contributed by atoms with Crippen molar-refractivity contribution in [2.75, 3.05) is 19.6 Å². The van der Waals surface area contributed by atoms with Gasteiger partial charge in [0.1, 0.15) is 5.82 Å². The fraction of sp³-hybridized carbons (Fsp3) is 0.533. The second kappa shape index (κ2) is 7.45. The number of amides is 1. The smallest absolute Gasteiger partial charge is 0.255 e. The number of halogens is 3. The molecule has 1 fully saturated rings. The number of benzene rings is 1. The van der Waals surface area contributed by atoms with E-state index in [1.165, 1.54) is 12.1 Å². The molecule has 6 heteroatoms. The van der Waals surface area contributed by atoms with Crippen molar-refractivity contribution in [2.45, 2.75) is 25.8 Å². The number of piperidine rings is 1. The van der Waals surface area contributed by atoms with Crippen molar-refractivity contribution in [3.05, 3.63) is 35.6 Å². The minimum absolute atomic E-state index is 0.272. The standard InChI is InChI=1S/C15H19F3N2O/c16-13-5-1-3-11(7-13)9-20-6-2-4-12(10-20)15(21)19-8-14(17)18/h1,3,5,7,12,14H,2,4,6,8-10H2,(H,19,21). The first kappa shape index (κ1) is 15.8. The Morgan fingerprint density at radius 3 is 2.95 bits per heavy atom. The van der Waals surface area contributed by atoms with Crippen molar-refractivity contribution >= 4 is 5.91 Å². The van der Waals surface area contributed by atoms with Crippen molar-refractivity contribution < 1.29 is 18.0 Å². The van der Waals surface area contributed by atoms with Gasteiger partial charge in [-0.3, -0.25) is 9.69 Å². The summed E-state index contributed by atoms with van der Waals surface area (Å²) in [5, 5.41) is 2.27. The van der Waals surface area contributed by atoms with Gasteiger partial charge >= 0.3 is 0 Å². The van der Waals surface area contributed by atoms with E-state index in [9.17, 15) is 18.0 Å². The largest absolute Gasteiger partial charge is 0.350 e. The number of carbonyl (C=O) groups is 1. The molecule has 1 aromatic rings. The maximum atomic E-state index is 13.1. The molecule has 3 nitrogen and oxygen atoms in total. The van der Waals surface area contributed by atoms with E-state index >= 15 is 0 Å². The number of nitrogens with zero attached hydrogens (tertiary/aromatic N) is 1. The Kier molecular flexibility index (Phi) is 5.61. The van der Waals surface area contributed by atoms with Gasteiger partial charge in [0.2, 0.25) is 5.91 Å². The van der Waals surface area contributed by atoms with Crippen LogP contribution in [0.4, 0.5) is 13.2 Å². The van der Waals surface area contributed by atoms with E-state index in [2.05, 4.69) is 10.2 Å². The van der Waals surface area contributed by atoms with Crippen LogP contribution in [-0.2, 0) is 11.3 Å². The molecule has 21 heavy (non-hydrogen) atoms. The molecule has 1 N–H and O–H groups in total. The van der Waals surface area contributed by atoms with Crippen molar-refractivity contribution in [3.8, 4) is 0 Å². The number of carbonyl (C=O) groups excluding carboxylic acids is 1. The van der Waals surface area contributed by atoms with Crippen molar-refractivity contribution in [1.82, 2.24) is 10.2 Å². The highest BCUT2D eigenvalue weighted by Crippen LogP contribution is 2.19. The lowest BCUT2D eigenvalue weighted by Gasteiger charge is -2.32. The molecule has 0 spiro atoms. The molecule has 0 radical (unpaired) electrons. The highest BCUT2D eigenvalue weighted by molar-refractivity contribution is 5.78. The van der Waals surface area contributed by atoms with Gasteiger partial charge in [-0.05, 0) is 37.1 Å². The van der Waals surface area contributed by atoms with Gasteiger partial charge in [0.15, 0.2) is 0 Å². The third-order valence-corrected chi connectivity index (χ3v) is 3.60. The second-order valence-electron chi connectivity index (χ2n) is 5.34. The van der Waals surface area contributed by atoms with Crippen LogP contribution >= 0.6 is 0 Å². The van der Waals surface area contributed by atoms with Crippen LogP contribution in [0.2, 0.25) is 0 Å². The van der Waals surface area contributed by atoms with Crippen LogP contribution in [0.15, 0.2) is 24.3 Å². The van der Waals surface area contributed by atoms with Gasteiger partial charge in [-0.15, -0.1) is 0 Å². The molecule has 1 atom stereocenters. The zero-order valence-electron chi connectivity index (χ0n) is 11.7. The fourth-order valence-electron chi connectivity index (χ4n) is 2.63. The molecular weight excluding hydrogens is 281 g/mol. The van der Waals surface area contributed by atoms with Gasteiger partial charge in [0, 0.05) is 13.1 Å². The highest BCUT2D eigenvalue weighted by atomic mass is 19.3. The van der Waals surface area contributed by atoms with Crippen LogP contribution in [-0.4, -0.2) is 36.9 Å². The summed E-state index contributed by atoms with van der Waals surface area (Å²) < 4.78 is 37.4. The molecule has 0 saturated carbocycles. The SMILES string of the molecule is O=C(NCC(F)F)C1CCCN(Cc2cccc(F)c2)C1. The van der Waals surface area contributed by atoms with Crippen LogP contribution < -0.4 is 5.32 Å². The summed E-state index contributed by atoms with van der Waals surface area (Å²) in [4.78, 5) is 13.9. The Morgan fingerprint density at radius 1 is 1.43 bits per heavy atom. The quantitative estimate of drug-likeness (QED) is 0.906. The van der Waals surface area contributed by atoms with Gasteiger partial charge in [-0.2, -0.15) is 0 Å². The van der Waals surface area contributed by atoms with E-state index in [1.54, 1.807) is 6.07 Å². The normalized spacial score (nSPS) is 19.7. The Balaban J connectivity index is 1.87. The highest BCUT2D eigenvalue weighted by Gasteiger charge is 2.26. The molecule has 1 amide bonds. The molecule has 0 aromatic heterocycles. The lowest BCUT2D eigenvalue weighted by molar-refractivity contribution is -0.127. The second-order valence-corrected chi connectivity index (χ2v) is 5.34. The molecule has 0 bridgehead atoms. The number of alkyl halides is 2. The first-order chi connectivity index (χ1) is 10.0. The number of rotatable bonds is 5. The molecule has 116 valence electrons. The average molecular weight is 300 g/mol. The monoisotopic (exact) mass is 300 g/mol. The zero-order valence-corrected chi connectivity index (χ0v) is 11.7. The molecule has 1 heterocycles. The third-order valence-electron chi connectivity index (χ3n) is 3.60. The first-order valence-electron chi connectivity index (χ1n) is 7.07. The number of hydrogen-bond acceptors (Lipinski definition) is 2. The molecule has 1 aliphatic heterocycles. The van der Waals surface area contributed by atoms with Crippen molar-refractivity contribution in [1.29, 1.82) is 0 Å². The number of nitrogens with one attached hydrogen (secondary N) is 1. The van der Waals surface area contributed by atoms with E-state index in [-0.39, 0.29) is 17.6 Å². The van der Waals surface area contributed by atoms with Crippen LogP contribution in [0, 0.1) is 11.7 Å². The third kappa shape index (κ3) is 5.04. The molecular formula is C15H19F3N2O. The van der Waals surface area contributed by atoms with Gasteiger partial charge in [0.05, 0.1) is 12.5 Å². The molecule has 0 aliphatic carbocycles. The summed E-state index contributed by atoms with van der Waals surface area (Å²) in [5.41, 5.74) is 0.851. The van der Waals surface area contributed by atoms with Gasteiger partial charge < -0.3 is 5.32 Å². The Hall–Kier alpha value is -1.56. The summed E-state index contributed by atoms with van der Waals surface area (Å²) in [7, 11) is 0. The van der Waals surface area contributed by atoms with Crippen molar-refractivity contribution in [3.63, 3.8) is 0 Å². The lowest BCUT2D eigenvalue weighted by Crippen LogP contribution is -2.43. The zero-order chi connectivity index (χ0) is 15.2. The molecule has 1 unspecified atom stereocenters. The van der Waals surface area contributed by atoms with Crippen LogP contribution in [0.1, 0.15) is 18.4 Å². The van der Waals surface area contributed by atoms with E-state index in [1.807, 2.05) is 6.07 Å². The molecule has 1 aliphatic rings. The summed E-state index contributed by atoms with van der Waals surface area (Å²) in [6, 6.07) is 6.35. The molecule has 1 aromatic carbocycles. The predicted molar refractivity (Wildman–Crippen MR) is 73.4 cm³/mol. The number of likely N-dealkylation sites (tertiary alicyclic amines) is 1. The van der Waals surface area contributed by atoms with E-state index in [0.29, 0.717) is 19.5 Å². The Labute approximate surface area is 122 Å². The van der Waals surface area contributed by atoms with Crippen LogP contribution in [0.25, 0.3) is 0 Å². The van der Waals surface area contributed by atoms with E-state index in [4.69, 9.17) is 0 Å². The van der Waals surface area contributed by atoms with Crippen LogP contribution in [0.3, 0.4) is 0 Å². The van der Waals surface area contributed by atoms with Gasteiger partial charge in [-0.1, -0.05) is 12.1 Å². The lowest BCUT2D eigenvalue weighted by atomic mass is 9.96. The van der Waals surface area contributed by atoms with Crippen molar-refractivity contribution in [2.24, 2.45) is 5.92 Å². The molecule has 1 saturated heterocycles. The summed E-state index contributed by atoms with van der Waals surface area (Å²) in [6.45, 7) is 1.32. The number of hydrogen-bond donors (Lipinski definition) is 1. The topological polar surface area (TPSA) is 32.3 Å². The minimum Gasteiger partial charge on any atom is -0.350 e. The summed E-state index contributed by atoms with van der Waals surface area (Å²) >= 11 is 0. The van der Waals surface area contributed by atoms with Gasteiger partial charge in [0.25, 0.3) is 6.43 Å². The Bertz CT molecular complexity index is 482. The minimum atomic E-state index is -2.53. The fourth-order valence-corrected chi connectivity index (χ4v) is 2.63. The Morgan fingerprint density at radius 2 is 2.24 bits per heavy atom. The molecule has 2 rings (SSSR count). The van der Waals surface area contributed by atoms with Gasteiger partial charge in [-0.25, -0.2) is 13.2 Å². The summed E-state index contributed by atoms with van der Waals surface area (Å²) in [6.07, 6.45) is -0.988. The predicted octanol–water partition coefficient (Wildman–Crippen LogP) is 2.42. The maximum absolute atomic E-state index is 13.1. The van der Waals surface area contributed by atoms with Crippen LogP contribution in [0.5, 0.6) is 0 Å². The average Bonchev–Trinajstić information content (AvgIpc) is 2.45. The van der Waals surface area contributed by atoms with E-state index < -0.39 is 13.0 Å².